The van der Waals surface area contributed by atoms with Crippen LogP contribution in [-0.4, -0.2) is 24.5 Å². The minimum Gasteiger partial charge on any atom is -0.367 e. The lowest BCUT2D eigenvalue weighted by atomic mass is 10.3. The Morgan fingerprint density at radius 2 is 2.46 bits per heavy atom. The average molecular weight is 181 g/mol. The molecule has 0 aliphatic heterocycles. The number of carbonyl (C=O) groups is 1. The summed E-state index contributed by atoms with van der Waals surface area (Å²) in [6.45, 7) is 1.52. The van der Waals surface area contributed by atoms with Crippen LogP contribution in [-0.2, 0) is 11.3 Å². The third-order valence-electron chi connectivity index (χ3n) is 1.80. The van der Waals surface area contributed by atoms with Gasteiger partial charge in [-0.05, 0) is 11.6 Å². The summed E-state index contributed by atoms with van der Waals surface area (Å²) in [5.41, 5.74) is 1.21. The van der Waals surface area contributed by atoms with Crippen LogP contribution in [0.5, 0.6) is 0 Å². The Bertz CT molecular complexity index is 243. The number of hydrogen-bond donors (Lipinski definition) is 3. The molecule has 1 rings (SSSR count). The molecule has 1 aromatic rings. The van der Waals surface area contributed by atoms with Gasteiger partial charge in [-0.3, -0.25) is 4.79 Å². The molecule has 0 unspecified atom stereocenters. The van der Waals surface area contributed by atoms with E-state index in [1.165, 1.54) is 5.56 Å². The zero-order chi connectivity index (χ0) is 9.52. The normalized spacial score (nSPS) is 9.92. The van der Waals surface area contributed by atoms with Crippen LogP contribution in [0.3, 0.4) is 0 Å². The van der Waals surface area contributed by atoms with Crippen molar-refractivity contribution in [1.82, 2.24) is 15.6 Å². The molecule has 0 aromatic carbocycles. The standard InChI is InChI=1S/C9H15N3O/c1-10-9(13)3-5-12-7-8-2-4-11-6-8/h2,4,6,11-12H,3,5,7H2,1H3,(H,10,13). The zero-order valence-corrected chi connectivity index (χ0v) is 7.76. The molecule has 1 heterocycles. The van der Waals surface area contributed by atoms with E-state index < -0.39 is 0 Å². The molecule has 0 saturated carbocycles. The van der Waals surface area contributed by atoms with E-state index in [1.807, 2.05) is 18.5 Å². The van der Waals surface area contributed by atoms with E-state index >= 15 is 0 Å². The molecular weight excluding hydrogens is 166 g/mol. The molecule has 0 aliphatic carbocycles. The molecule has 13 heavy (non-hydrogen) atoms. The molecule has 0 bridgehead atoms. The molecule has 4 heteroatoms. The van der Waals surface area contributed by atoms with Crippen LogP contribution in [0.15, 0.2) is 18.5 Å². The van der Waals surface area contributed by atoms with Gasteiger partial charge >= 0.3 is 0 Å². The molecule has 3 N–H and O–H groups in total. The lowest BCUT2D eigenvalue weighted by molar-refractivity contribution is -0.120. The van der Waals surface area contributed by atoms with Gasteiger partial charge in [0.25, 0.3) is 0 Å². The number of carbonyl (C=O) groups excluding carboxylic acids is 1. The molecule has 0 aliphatic rings. The number of aromatic amines is 1. The van der Waals surface area contributed by atoms with Crippen molar-refractivity contribution in [3.63, 3.8) is 0 Å². The predicted octanol–water partition coefficient (Wildman–Crippen LogP) is 0.240. The van der Waals surface area contributed by atoms with Gasteiger partial charge in [0.15, 0.2) is 0 Å². The molecule has 0 saturated heterocycles. The van der Waals surface area contributed by atoms with Crippen molar-refractivity contribution < 1.29 is 4.79 Å². The molecule has 0 radical (unpaired) electrons. The second-order valence-electron chi connectivity index (χ2n) is 2.82. The third kappa shape index (κ3) is 3.75. The summed E-state index contributed by atoms with van der Waals surface area (Å²) in [5, 5.41) is 5.75. The summed E-state index contributed by atoms with van der Waals surface area (Å²) < 4.78 is 0. The van der Waals surface area contributed by atoms with Crippen LogP contribution in [0.1, 0.15) is 12.0 Å². The maximum atomic E-state index is 10.8. The predicted molar refractivity (Wildman–Crippen MR) is 51.2 cm³/mol. The molecule has 1 amide bonds. The Morgan fingerprint density at radius 3 is 3.08 bits per heavy atom. The van der Waals surface area contributed by atoms with Gasteiger partial charge in [-0.1, -0.05) is 0 Å². The van der Waals surface area contributed by atoms with Gasteiger partial charge in [0.05, 0.1) is 0 Å². The van der Waals surface area contributed by atoms with Crippen molar-refractivity contribution in [2.45, 2.75) is 13.0 Å². The number of hydrogen-bond acceptors (Lipinski definition) is 2. The molecule has 1 aromatic heterocycles. The molecule has 0 atom stereocenters. The first-order valence-electron chi connectivity index (χ1n) is 4.36. The second kappa shape index (κ2) is 5.37. The molecule has 0 spiro atoms. The lowest BCUT2D eigenvalue weighted by Crippen LogP contribution is -2.24. The Morgan fingerprint density at radius 1 is 1.62 bits per heavy atom. The summed E-state index contributed by atoms with van der Waals surface area (Å²) in [5.74, 6) is 0.0709. The van der Waals surface area contributed by atoms with Gasteiger partial charge in [0, 0.05) is 39.0 Å². The Labute approximate surface area is 77.7 Å². The minimum absolute atomic E-state index is 0.0709. The maximum Gasteiger partial charge on any atom is 0.221 e. The van der Waals surface area contributed by atoms with Gasteiger partial charge in [0.1, 0.15) is 0 Å². The highest BCUT2D eigenvalue weighted by Gasteiger charge is 1.96. The van der Waals surface area contributed by atoms with Gasteiger partial charge < -0.3 is 15.6 Å². The van der Waals surface area contributed by atoms with E-state index in [0.717, 1.165) is 6.54 Å². The van der Waals surface area contributed by atoms with Crippen molar-refractivity contribution >= 4 is 5.91 Å². The van der Waals surface area contributed by atoms with Gasteiger partial charge in [-0.2, -0.15) is 0 Å². The van der Waals surface area contributed by atoms with E-state index in [1.54, 1.807) is 7.05 Å². The highest BCUT2D eigenvalue weighted by molar-refractivity contribution is 5.75. The fraction of sp³-hybridized carbons (Fsp3) is 0.444. The minimum atomic E-state index is 0.0709. The maximum absolute atomic E-state index is 10.8. The van der Waals surface area contributed by atoms with E-state index in [2.05, 4.69) is 15.6 Å². The number of rotatable bonds is 5. The van der Waals surface area contributed by atoms with E-state index in [9.17, 15) is 4.79 Å². The third-order valence-corrected chi connectivity index (χ3v) is 1.80. The first-order chi connectivity index (χ1) is 6.33. The van der Waals surface area contributed by atoms with Gasteiger partial charge in [-0.25, -0.2) is 0 Å². The van der Waals surface area contributed by atoms with Crippen LogP contribution in [0, 0.1) is 0 Å². The second-order valence-corrected chi connectivity index (χ2v) is 2.82. The summed E-state index contributed by atoms with van der Waals surface area (Å²) >= 11 is 0. The fourth-order valence-electron chi connectivity index (χ4n) is 1.03. The largest absolute Gasteiger partial charge is 0.367 e. The SMILES string of the molecule is CNC(=O)CCNCc1cc[nH]c1. The van der Waals surface area contributed by atoms with Crippen molar-refractivity contribution in [2.75, 3.05) is 13.6 Å². The lowest BCUT2D eigenvalue weighted by Gasteiger charge is -2.01. The van der Waals surface area contributed by atoms with Gasteiger partial charge in [0.2, 0.25) is 5.91 Å². The summed E-state index contributed by atoms with van der Waals surface area (Å²) in [6.07, 6.45) is 4.35. The van der Waals surface area contributed by atoms with Crippen LogP contribution in [0.2, 0.25) is 0 Å². The van der Waals surface area contributed by atoms with Crippen molar-refractivity contribution in [3.05, 3.63) is 24.0 Å². The number of aromatic nitrogens is 1. The van der Waals surface area contributed by atoms with E-state index in [4.69, 9.17) is 0 Å². The topological polar surface area (TPSA) is 56.9 Å². The molecule has 4 nitrogen and oxygen atoms in total. The number of H-pyrrole nitrogens is 1. The molecular formula is C9H15N3O. The Balaban J connectivity index is 2.05. The van der Waals surface area contributed by atoms with Crippen molar-refractivity contribution in [1.29, 1.82) is 0 Å². The van der Waals surface area contributed by atoms with E-state index in [0.29, 0.717) is 13.0 Å². The quantitative estimate of drug-likeness (QED) is 0.570. The fourth-order valence-corrected chi connectivity index (χ4v) is 1.03. The number of nitrogens with one attached hydrogen (secondary N) is 3. The van der Waals surface area contributed by atoms with Crippen LogP contribution in [0.25, 0.3) is 0 Å². The smallest absolute Gasteiger partial charge is 0.221 e. The summed E-state index contributed by atoms with van der Waals surface area (Å²) in [7, 11) is 1.65. The Hall–Kier alpha value is -1.29. The summed E-state index contributed by atoms with van der Waals surface area (Å²) in [4.78, 5) is 13.8. The summed E-state index contributed by atoms with van der Waals surface area (Å²) in [6, 6.07) is 2.01. The van der Waals surface area contributed by atoms with E-state index in [-0.39, 0.29) is 5.91 Å². The highest BCUT2D eigenvalue weighted by Crippen LogP contribution is 1.94. The number of amides is 1. The van der Waals surface area contributed by atoms with Crippen LogP contribution >= 0.6 is 0 Å². The highest BCUT2D eigenvalue weighted by atomic mass is 16.1. The van der Waals surface area contributed by atoms with Crippen LogP contribution < -0.4 is 10.6 Å². The van der Waals surface area contributed by atoms with Gasteiger partial charge in [-0.15, -0.1) is 0 Å². The molecule has 0 fully saturated rings. The first-order valence-corrected chi connectivity index (χ1v) is 4.36. The van der Waals surface area contributed by atoms with Crippen LogP contribution in [0.4, 0.5) is 0 Å². The molecule has 72 valence electrons. The van der Waals surface area contributed by atoms with Crippen molar-refractivity contribution in [3.8, 4) is 0 Å². The average Bonchev–Trinajstić information content (AvgIpc) is 2.64. The monoisotopic (exact) mass is 181 g/mol. The zero-order valence-electron chi connectivity index (χ0n) is 7.76. The van der Waals surface area contributed by atoms with Crippen molar-refractivity contribution in [2.24, 2.45) is 0 Å². The first kappa shape index (κ1) is 9.80. The Kier molecular flexibility index (Phi) is 4.05.